The number of hydrogen-bond acceptors (Lipinski definition) is 4. The van der Waals surface area contributed by atoms with Crippen LogP contribution in [0.2, 0.25) is 0 Å². The molecule has 0 aliphatic heterocycles. The van der Waals surface area contributed by atoms with Crippen molar-refractivity contribution in [2.24, 2.45) is 5.41 Å². The number of furan rings is 1. The molecule has 1 radical (unpaired) electrons. The van der Waals surface area contributed by atoms with Crippen molar-refractivity contribution in [1.29, 1.82) is 0 Å². The van der Waals surface area contributed by atoms with Crippen molar-refractivity contribution < 1.29 is 43.7 Å². The molecule has 0 atom stereocenters. The number of benzene rings is 3. The second-order valence-corrected chi connectivity index (χ2v) is 11.7. The molecule has 0 saturated heterocycles. The van der Waals surface area contributed by atoms with Crippen molar-refractivity contribution in [2.45, 2.75) is 54.6 Å². The fraction of sp³-hybridized carbons (Fsp3) is 0.214. The van der Waals surface area contributed by atoms with Gasteiger partial charge in [0, 0.05) is 62.8 Å². The minimum Gasteiger partial charge on any atom is -0.486 e. The summed E-state index contributed by atoms with van der Waals surface area (Å²) in [6.07, 6.45) is 1.05. The molecule has 0 N–H and O–H groups in total. The van der Waals surface area contributed by atoms with E-state index in [0.29, 0.717) is 44.5 Å². The van der Waals surface area contributed by atoms with Gasteiger partial charge in [-0.05, 0) is 73.1 Å². The van der Waals surface area contributed by atoms with Crippen molar-refractivity contribution >= 4 is 22.1 Å². The maximum Gasteiger partial charge on any atom is 0.216 e. The molecular weight excluding hydrogens is 755 g/mol. The number of aromatic nitrogens is 3. The van der Waals surface area contributed by atoms with E-state index in [1.165, 1.54) is 18.2 Å². The van der Waals surface area contributed by atoms with Crippen molar-refractivity contribution in [3.05, 3.63) is 137 Å². The van der Waals surface area contributed by atoms with Gasteiger partial charge in [-0.1, -0.05) is 97.7 Å². The number of aryl methyl sites for hydroxylation is 4. The Hall–Kier alpha value is -4.44. The van der Waals surface area contributed by atoms with E-state index in [2.05, 4.69) is 27.1 Å². The Balaban J connectivity index is 0.000000227. The van der Waals surface area contributed by atoms with Gasteiger partial charge >= 0.3 is 0 Å². The minimum atomic E-state index is -2.65. The van der Waals surface area contributed by atoms with E-state index in [-0.39, 0.29) is 53.9 Å². The first-order valence-corrected chi connectivity index (χ1v) is 14.5. The third-order valence-corrected chi connectivity index (χ3v) is 7.05. The zero-order chi connectivity index (χ0) is 44.2. The van der Waals surface area contributed by atoms with Gasteiger partial charge in [-0.2, -0.15) is 0 Å². The Kier molecular flexibility index (Phi) is 6.03. The maximum absolute atomic E-state index is 8.55. The number of pyridine rings is 3. The van der Waals surface area contributed by atoms with Gasteiger partial charge in [0.2, 0.25) is 5.71 Å². The van der Waals surface area contributed by atoms with Crippen molar-refractivity contribution in [1.82, 2.24) is 15.0 Å². The SMILES string of the molecule is [2H]C([2H])([2H])c1c[c-]c(-c2cc(C([2H])([2H])[2H])c(C([2H])([2H])[2H])cn2)cc1-c1ccccc1.[2H]C([2H])([2H])c1ccc2c(n1)oc1c(-c3cc(C([2H])([2H])C(C)(C)C)ccn3)[c-]ccc12.[Ir]. The third-order valence-electron chi connectivity index (χ3n) is 7.05. The molecule has 4 nitrogen and oxygen atoms in total. The van der Waals surface area contributed by atoms with E-state index < -0.39 is 39.2 Å². The van der Waals surface area contributed by atoms with Crippen molar-refractivity contribution in [3.63, 3.8) is 0 Å². The fourth-order valence-corrected chi connectivity index (χ4v) is 4.99. The second-order valence-electron chi connectivity index (χ2n) is 11.7. The summed E-state index contributed by atoms with van der Waals surface area (Å²) >= 11 is 0. The average molecular weight is 808 g/mol. The summed E-state index contributed by atoms with van der Waals surface area (Å²) in [5, 5.41) is 1.48. The first-order chi connectivity index (χ1) is 27.7. The molecule has 0 aliphatic carbocycles. The number of hydrogen-bond donors (Lipinski definition) is 0. The minimum absolute atomic E-state index is 0. The van der Waals surface area contributed by atoms with Crippen LogP contribution >= 0.6 is 0 Å². The van der Waals surface area contributed by atoms with Crippen LogP contribution in [0, 0.1) is 45.0 Å². The monoisotopic (exact) mass is 808 g/mol. The predicted molar refractivity (Wildman–Crippen MR) is 190 cm³/mol. The molecule has 239 valence electrons. The van der Waals surface area contributed by atoms with E-state index in [4.69, 9.17) is 23.6 Å². The molecule has 0 aliphatic rings. The Morgan fingerprint density at radius 3 is 2.40 bits per heavy atom. The zero-order valence-electron chi connectivity index (χ0n) is 39.8. The van der Waals surface area contributed by atoms with Gasteiger partial charge in [0.15, 0.2) is 0 Å². The topological polar surface area (TPSA) is 51.8 Å². The molecule has 47 heavy (non-hydrogen) atoms. The van der Waals surface area contributed by atoms with Gasteiger partial charge in [0.05, 0.1) is 5.58 Å². The van der Waals surface area contributed by atoms with Gasteiger partial charge in [-0.3, -0.25) is 0 Å². The van der Waals surface area contributed by atoms with Crippen LogP contribution in [0.15, 0.2) is 102 Å². The van der Waals surface area contributed by atoms with Gasteiger partial charge in [-0.15, -0.1) is 47.5 Å². The van der Waals surface area contributed by atoms with E-state index in [1.54, 1.807) is 60.8 Å². The maximum atomic E-state index is 8.55. The van der Waals surface area contributed by atoms with Gasteiger partial charge in [-0.25, -0.2) is 4.98 Å². The Morgan fingerprint density at radius 2 is 1.64 bits per heavy atom. The Bertz CT molecular complexity index is 2680. The van der Waals surface area contributed by atoms with Crippen LogP contribution in [0.5, 0.6) is 0 Å². The van der Waals surface area contributed by atoms with Crippen molar-refractivity contribution in [2.75, 3.05) is 0 Å². The molecule has 4 aromatic heterocycles. The summed E-state index contributed by atoms with van der Waals surface area (Å²) < 4.78 is 115. The quantitative estimate of drug-likeness (QED) is 0.166. The van der Waals surface area contributed by atoms with Crippen LogP contribution in [0.25, 0.3) is 55.7 Å². The van der Waals surface area contributed by atoms with Gasteiger partial charge in [0.1, 0.15) is 0 Å². The summed E-state index contributed by atoms with van der Waals surface area (Å²) in [6, 6.07) is 29.2. The molecule has 7 rings (SSSR count). The molecule has 0 bridgehead atoms. The first kappa shape index (κ1) is 20.0. The average Bonchev–Trinajstić information content (AvgIpc) is 3.55. The summed E-state index contributed by atoms with van der Waals surface area (Å²) in [7, 11) is 0. The summed E-state index contributed by atoms with van der Waals surface area (Å²) in [6.45, 7) is -4.41. The largest absolute Gasteiger partial charge is 0.486 e. The third kappa shape index (κ3) is 7.76. The number of fused-ring (bicyclic) bond motifs is 3. The molecule has 0 amide bonds. The zero-order valence-corrected chi connectivity index (χ0v) is 28.2. The first-order valence-electron chi connectivity index (χ1n) is 21.5. The van der Waals surface area contributed by atoms with Crippen LogP contribution in [0.4, 0.5) is 0 Å². The van der Waals surface area contributed by atoms with Crippen molar-refractivity contribution in [3.8, 4) is 33.6 Å². The smallest absolute Gasteiger partial charge is 0.216 e. The molecule has 7 aromatic rings. The molecule has 0 saturated carbocycles. The molecule has 0 spiro atoms. The van der Waals surface area contributed by atoms with E-state index in [0.717, 1.165) is 11.6 Å². The van der Waals surface area contributed by atoms with Crippen LogP contribution in [-0.4, -0.2) is 15.0 Å². The molecule has 0 unspecified atom stereocenters. The van der Waals surface area contributed by atoms with E-state index in [1.807, 2.05) is 32.9 Å². The van der Waals surface area contributed by atoms with Crippen LogP contribution in [0.3, 0.4) is 0 Å². The Labute approximate surface area is 311 Å². The molecule has 4 heterocycles. The molecule has 0 fully saturated rings. The predicted octanol–water partition coefficient (Wildman–Crippen LogP) is 10.9. The molecule has 5 heteroatoms. The molecular formula is C42H39IrN3O-2. The van der Waals surface area contributed by atoms with Crippen LogP contribution in [-0.2, 0) is 26.5 Å². The van der Waals surface area contributed by atoms with E-state index >= 15 is 0 Å². The van der Waals surface area contributed by atoms with E-state index in [9.17, 15) is 0 Å². The Morgan fingerprint density at radius 1 is 0.809 bits per heavy atom. The summed E-state index contributed by atoms with van der Waals surface area (Å²) in [5.41, 5.74) is 2.85. The normalized spacial score (nSPS) is 17.0. The standard InChI is InChI=1S/C22H21N2O.C20H18N.Ir/c1-14-8-9-17-16-6-5-7-18(20(16)25-21(17)24-14)19-12-15(10-11-23-19)13-22(2,3)4;1-14-9-10-18(20-11-15(2)16(3)13-21-20)12-19(14)17-7-5-4-6-8-17;/h5-6,8-12H,13H2,1-4H3;4-9,11-13H,1-3H3;/q2*-1;/i1D3,13D2;1D3,2D3,3D3;. The summed E-state index contributed by atoms with van der Waals surface area (Å²) in [5.74, 6) is 0. The van der Waals surface area contributed by atoms with Crippen LogP contribution < -0.4 is 0 Å². The fourth-order valence-electron chi connectivity index (χ4n) is 4.99. The van der Waals surface area contributed by atoms with Gasteiger partial charge in [0.25, 0.3) is 0 Å². The summed E-state index contributed by atoms with van der Waals surface area (Å²) in [4.78, 5) is 12.7. The number of nitrogens with zero attached hydrogens (tertiary/aromatic N) is 3. The van der Waals surface area contributed by atoms with Gasteiger partial charge < -0.3 is 14.4 Å². The molecule has 3 aromatic carbocycles. The second kappa shape index (κ2) is 14.1. The van der Waals surface area contributed by atoms with Crippen LogP contribution in [0.1, 0.15) is 67.9 Å². The number of rotatable bonds is 4.